The summed E-state index contributed by atoms with van der Waals surface area (Å²) in [6.45, 7) is 2.79. The van der Waals surface area contributed by atoms with Crippen LogP contribution in [0, 0.1) is 0 Å². The van der Waals surface area contributed by atoms with Crippen molar-refractivity contribution in [3.63, 3.8) is 0 Å². The topological polar surface area (TPSA) is 179 Å². The highest BCUT2D eigenvalue weighted by Crippen LogP contribution is 2.29. The Morgan fingerprint density at radius 1 is 0.647 bits per heavy atom. The van der Waals surface area contributed by atoms with Gasteiger partial charge in [-0.2, -0.15) is 0 Å². The van der Waals surface area contributed by atoms with Gasteiger partial charge in [0.05, 0.1) is 13.2 Å². The molecule has 0 aromatic carbocycles. The molecule has 200 valence electrons. The summed E-state index contributed by atoms with van der Waals surface area (Å²) in [6, 6.07) is 0. The van der Waals surface area contributed by atoms with Gasteiger partial charge >= 0.3 is 0 Å². The van der Waals surface area contributed by atoms with E-state index in [0.29, 0.717) is 6.61 Å². The zero-order valence-corrected chi connectivity index (χ0v) is 19.6. The van der Waals surface area contributed by atoms with Gasteiger partial charge in [0.2, 0.25) is 0 Å². The minimum Gasteiger partial charge on any atom is -0.394 e. The van der Waals surface area contributed by atoms with E-state index in [0.717, 1.165) is 32.1 Å². The van der Waals surface area contributed by atoms with Crippen molar-refractivity contribution in [2.24, 2.45) is 0 Å². The first-order valence-corrected chi connectivity index (χ1v) is 12.2. The van der Waals surface area contributed by atoms with E-state index in [4.69, 9.17) is 18.9 Å². The van der Waals surface area contributed by atoms with Gasteiger partial charge in [-0.15, -0.1) is 6.58 Å². The highest BCUT2D eigenvalue weighted by atomic mass is 16.7. The van der Waals surface area contributed by atoms with Crippen LogP contribution in [0.1, 0.15) is 51.4 Å². The molecule has 2 aliphatic heterocycles. The minimum absolute atomic E-state index is 0.307. The molecule has 34 heavy (non-hydrogen) atoms. The van der Waals surface area contributed by atoms with E-state index < -0.39 is 74.6 Å². The lowest BCUT2D eigenvalue weighted by Crippen LogP contribution is -2.64. The van der Waals surface area contributed by atoms with Crippen molar-refractivity contribution in [2.45, 2.75) is 113 Å². The molecule has 2 fully saturated rings. The molecule has 2 saturated heterocycles. The normalized spacial score (nSPS) is 38.7. The molecule has 0 aromatic rings. The van der Waals surface area contributed by atoms with Crippen molar-refractivity contribution in [1.29, 1.82) is 0 Å². The van der Waals surface area contributed by atoms with Gasteiger partial charge in [-0.1, -0.05) is 38.2 Å². The summed E-state index contributed by atoms with van der Waals surface area (Å²) >= 11 is 0. The summed E-state index contributed by atoms with van der Waals surface area (Å²) in [5.74, 6) is 0. The van der Waals surface area contributed by atoms with Crippen LogP contribution in [0.5, 0.6) is 0 Å². The van der Waals surface area contributed by atoms with E-state index in [1.54, 1.807) is 0 Å². The Balaban J connectivity index is 1.78. The molecule has 2 rings (SSSR count). The molecular formula is C23H42O11. The van der Waals surface area contributed by atoms with E-state index in [9.17, 15) is 35.7 Å². The fourth-order valence-corrected chi connectivity index (χ4v) is 4.17. The number of rotatable bonds is 15. The third-order valence-corrected chi connectivity index (χ3v) is 6.30. The van der Waals surface area contributed by atoms with Crippen molar-refractivity contribution in [2.75, 3.05) is 19.8 Å². The summed E-state index contributed by atoms with van der Waals surface area (Å²) in [6.07, 6.45) is -3.93. The van der Waals surface area contributed by atoms with Crippen molar-refractivity contribution in [1.82, 2.24) is 0 Å². The van der Waals surface area contributed by atoms with E-state index >= 15 is 0 Å². The van der Waals surface area contributed by atoms with Gasteiger partial charge < -0.3 is 54.7 Å². The standard InChI is InChI=1S/C23H42O11/c1-2-3-4-5-6-7-8-9-10-11-31-22-20(30)18(28)21(15(13-25)33-22)34-23-19(29)17(27)16(26)14(12-24)32-23/h2,14-30H,1,3-13H2/t14-,15-,16+,17+,18-,19-,20-,21-,22-,23+/m1/s1. The van der Waals surface area contributed by atoms with Crippen LogP contribution >= 0.6 is 0 Å². The molecule has 0 aliphatic carbocycles. The van der Waals surface area contributed by atoms with E-state index in [-0.39, 0.29) is 0 Å². The van der Waals surface area contributed by atoms with Crippen LogP contribution in [0.3, 0.4) is 0 Å². The first-order valence-electron chi connectivity index (χ1n) is 12.2. The quantitative estimate of drug-likeness (QED) is 0.109. The smallest absolute Gasteiger partial charge is 0.187 e. The molecule has 10 atom stereocenters. The Morgan fingerprint density at radius 3 is 1.82 bits per heavy atom. The molecule has 0 aromatic heterocycles. The van der Waals surface area contributed by atoms with Crippen LogP contribution in [0.25, 0.3) is 0 Å². The van der Waals surface area contributed by atoms with Gasteiger partial charge in [-0.05, 0) is 19.3 Å². The highest BCUT2D eigenvalue weighted by Gasteiger charge is 2.50. The maximum atomic E-state index is 10.6. The first-order chi connectivity index (χ1) is 16.3. The fourth-order valence-electron chi connectivity index (χ4n) is 4.17. The van der Waals surface area contributed by atoms with Gasteiger partial charge in [0, 0.05) is 6.61 Å². The third-order valence-electron chi connectivity index (χ3n) is 6.30. The average molecular weight is 495 g/mol. The Labute approximate surface area is 200 Å². The van der Waals surface area contributed by atoms with Gasteiger partial charge in [0.1, 0.15) is 48.8 Å². The molecule has 0 amide bonds. The first kappa shape index (κ1) is 29.5. The summed E-state index contributed by atoms with van der Waals surface area (Å²) in [5.41, 5.74) is 0. The molecule has 11 heteroatoms. The Morgan fingerprint density at radius 2 is 1.21 bits per heavy atom. The molecule has 0 unspecified atom stereocenters. The number of ether oxygens (including phenoxy) is 4. The minimum atomic E-state index is -1.70. The zero-order valence-electron chi connectivity index (χ0n) is 19.6. The summed E-state index contributed by atoms with van der Waals surface area (Å²) in [7, 11) is 0. The van der Waals surface area contributed by atoms with Crippen LogP contribution < -0.4 is 0 Å². The molecule has 2 aliphatic rings. The van der Waals surface area contributed by atoms with Crippen molar-refractivity contribution < 1.29 is 54.7 Å². The van der Waals surface area contributed by atoms with E-state index in [2.05, 4.69) is 6.58 Å². The highest BCUT2D eigenvalue weighted by molar-refractivity contribution is 4.94. The molecular weight excluding hydrogens is 452 g/mol. The maximum absolute atomic E-state index is 10.6. The summed E-state index contributed by atoms with van der Waals surface area (Å²) in [4.78, 5) is 0. The number of hydrogen-bond acceptors (Lipinski definition) is 11. The molecule has 0 radical (unpaired) electrons. The number of unbranched alkanes of at least 4 members (excludes halogenated alkanes) is 7. The lowest BCUT2D eigenvalue weighted by molar-refractivity contribution is -0.359. The molecule has 2 heterocycles. The van der Waals surface area contributed by atoms with Crippen LogP contribution in [-0.4, -0.2) is 117 Å². The lowest BCUT2D eigenvalue weighted by atomic mass is 9.97. The largest absolute Gasteiger partial charge is 0.394 e. The Hall–Kier alpha value is -0.700. The second kappa shape index (κ2) is 15.4. The second-order valence-corrected chi connectivity index (χ2v) is 8.93. The van der Waals surface area contributed by atoms with Crippen LogP contribution in [0.4, 0.5) is 0 Å². The predicted molar refractivity (Wildman–Crippen MR) is 119 cm³/mol. The predicted octanol–water partition coefficient (Wildman–Crippen LogP) is -1.07. The average Bonchev–Trinajstić information content (AvgIpc) is 2.84. The molecule has 7 N–H and O–H groups in total. The van der Waals surface area contributed by atoms with Crippen LogP contribution in [0.15, 0.2) is 12.7 Å². The zero-order chi connectivity index (χ0) is 25.1. The monoisotopic (exact) mass is 494 g/mol. The Bertz CT molecular complexity index is 561. The van der Waals surface area contributed by atoms with E-state index in [1.807, 2.05) is 6.08 Å². The second-order valence-electron chi connectivity index (χ2n) is 8.93. The summed E-state index contributed by atoms with van der Waals surface area (Å²) < 4.78 is 22.0. The van der Waals surface area contributed by atoms with Gasteiger partial charge in [-0.3, -0.25) is 0 Å². The van der Waals surface area contributed by atoms with Crippen molar-refractivity contribution in [3.05, 3.63) is 12.7 Å². The Kier molecular flexibility index (Phi) is 13.4. The van der Waals surface area contributed by atoms with Crippen LogP contribution in [0.2, 0.25) is 0 Å². The number of allylic oxidation sites excluding steroid dienone is 1. The SMILES string of the molecule is C=CCCCCCCCCCO[C@@H]1O[C@H](CO)[C@@H](O[C@@H]2O[C@H](CO)[C@H](O)[C@H](O)[C@H]2O)[C@H](O)[C@H]1O. The van der Waals surface area contributed by atoms with Gasteiger partial charge in [0.25, 0.3) is 0 Å². The number of aliphatic hydroxyl groups excluding tert-OH is 7. The molecule has 0 saturated carbocycles. The van der Waals surface area contributed by atoms with Gasteiger partial charge in [-0.25, -0.2) is 0 Å². The number of hydrogen-bond donors (Lipinski definition) is 7. The lowest BCUT2D eigenvalue weighted by Gasteiger charge is -2.45. The van der Waals surface area contributed by atoms with E-state index in [1.165, 1.54) is 19.3 Å². The summed E-state index contributed by atoms with van der Waals surface area (Å²) in [5, 5.41) is 70.0. The molecule has 0 bridgehead atoms. The molecule has 0 spiro atoms. The van der Waals surface area contributed by atoms with Crippen molar-refractivity contribution in [3.8, 4) is 0 Å². The fraction of sp³-hybridized carbons (Fsp3) is 0.913. The number of aliphatic hydroxyl groups is 7. The molecule has 11 nitrogen and oxygen atoms in total. The van der Waals surface area contributed by atoms with Crippen molar-refractivity contribution >= 4 is 0 Å². The van der Waals surface area contributed by atoms with Crippen LogP contribution in [-0.2, 0) is 18.9 Å². The maximum Gasteiger partial charge on any atom is 0.187 e. The van der Waals surface area contributed by atoms with Gasteiger partial charge in [0.15, 0.2) is 12.6 Å². The third kappa shape index (κ3) is 8.17.